The molecule has 11 heavy (non-hydrogen) atoms. The predicted molar refractivity (Wildman–Crippen MR) is 43.1 cm³/mol. The van der Waals surface area contributed by atoms with Crippen LogP contribution in [0.4, 0.5) is 0 Å². The molecule has 0 aliphatic carbocycles. The maximum Gasteiger partial charge on any atom is 0.267 e. The molecule has 0 aromatic carbocycles. The molecule has 0 radical (unpaired) electrons. The molecule has 5 nitrogen and oxygen atoms in total. The van der Waals surface area contributed by atoms with Crippen molar-refractivity contribution >= 4 is 10.1 Å². The minimum absolute atomic E-state index is 0.529. The Hall–Kier alpha value is -0.170. The Bertz CT molecular complexity index is 161. The fourth-order valence-corrected chi connectivity index (χ4v) is 0.346. The summed E-state index contributed by atoms with van der Waals surface area (Å²) in [6, 6.07) is 0. The first-order chi connectivity index (χ1) is 4.79. The SMILES string of the molecule is CN(C)C.O=S(=O)(O)CCO. The smallest absolute Gasteiger partial charge is 0.267 e. The van der Waals surface area contributed by atoms with Gasteiger partial charge in [-0.2, -0.15) is 8.42 Å². The summed E-state index contributed by atoms with van der Waals surface area (Å²) in [6.07, 6.45) is 0. The molecule has 0 aliphatic rings. The van der Waals surface area contributed by atoms with E-state index in [1.54, 1.807) is 0 Å². The van der Waals surface area contributed by atoms with Crippen LogP contribution in [0.3, 0.4) is 0 Å². The van der Waals surface area contributed by atoms with Crippen molar-refractivity contribution in [3.63, 3.8) is 0 Å². The van der Waals surface area contributed by atoms with Gasteiger partial charge in [-0.25, -0.2) is 0 Å². The average Bonchev–Trinajstić information content (AvgIpc) is 1.58. The lowest BCUT2D eigenvalue weighted by Crippen LogP contribution is -2.06. The lowest BCUT2D eigenvalue weighted by molar-refractivity contribution is 0.315. The van der Waals surface area contributed by atoms with Gasteiger partial charge in [-0.3, -0.25) is 4.55 Å². The zero-order valence-corrected chi connectivity index (χ0v) is 7.80. The molecule has 2 N–H and O–H groups in total. The summed E-state index contributed by atoms with van der Waals surface area (Å²) < 4.78 is 27.1. The summed E-state index contributed by atoms with van der Waals surface area (Å²) in [5.41, 5.74) is 0. The first kappa shape index (κ1) is 13.4. The molecule has 0 spiro atoms. The van der Waals surface area contributed by atoms with E-state index in [0.717, 1.165) is 0 Å². The first-order valence-corrected chi connectivity index (χ1v) is 4.57. The van der Waals surface area contributed by atoms with Gasteiger partial charge in [-0.15, -0.1) is 0 Å². The van der Waals surface area contributed by atoms with Crippen LogP contribution in [-0.2, 0) is 10.1 Å². The zero-order valence-electron chi connectivity index (χ0n) is 6.98. The van der Waals surface area contributed by atoms with Crippen LogP contribution in [0.25, 0.3) is 0 Å². The minimum Gasteiger partial charge on any atom is -0.395 e. The normalized spacial score (nSPS) is 10.7. The van der Waals surface area contributed by atoms with Crippen molar-refractivity contribution in [1.82, 2.24) is 4.90 Å². The molecule has 0 rings (SSSR count). The van der Waals surface area contributed by atoms with Crippen molar-refractivity contribution in [3.05, 3.63) is 0 Å². The number of rotatable bonds is 2. The van der Waals surface area contributed by atoms with Crippen LogP contribution in [0.2, 0.25) is 0 Å². The van der Waals surface area contributed by atoms with Crippen LogP contribution in [0.1, 0.15) is 0 Å². The Kier molecular flexibility index (Phi) is 7.97. The summed E-state index contributed by atoms with van der Waals surface area (Å²) in [4.78, 5) is 2.00. The van der Waals surface area contributed by atoms with E-state index in [1.807, 2.05) is 26.0 Å². The van der Waals surface area contributed by atoms with E-state index < -0.39 is 22.5 Å². The van der Waals surface area contributed by atoms with Crippen LogP contribution in [-0.4, -0.2) is 56.5 Å². The highest BCUT2D eigenvalue weighted by molar-refractivity contribution is 7.85. The summed E-state index contributed by atoms with van der Waals surface area (Å²) in [5, 5.41) is 7.86. The van der Waals surface area contributed by atoms with Crippen molar-refractivity contribution in [1.29, 1.82) is 0 Å². The van der Waals surface area contributed by atoms with Gasteiger partial charge in [-0.1, -0.05) is 0 Å². The molecule has 6 heteroatoms. The van der Waals surface area contributed by atoms with Gasteiger partial charge < -0.3 is 10.0 Å². The van der Waals surface area contributed by atoms with Gasteiger partial charge in [0.1, 0.15) is 0 Å². The third kappa shape index (κ3) is 41.1. The van der Waals surface area contributed by atoms with Gasteiger partial charge in [0.2, 0.25) is 0 Å². The average molecular weight is 185 g/mol. The molecule has 70 valence electrons. The van der Waals surface area contributed by atoms with Crippen LogP contribution in [0, 0.1) is 0 Å². The van der Waals surface area contributed by atoms with E-state index >= 15 is 0 Å². The predicted octanol–water partition coefficient (Wildman–Crippen LogP) is -0.956. The molecule has 0 amide bonds. The second kappa shape index (κ2) is 6.53. The summed E-state index contributed by atoms with van der Waals surface area (Å²) in [5.74, 6) is -0.576. The van der Waals surface area contributed by atoms with Gasteiger partial charge in [0.25, 0.3) is 10.1 Å². The zero-order chi connectivity index (χ0) is 9.49. The number of aliphatic hydroxyl groups is 1. The van der Waals surface area contributed by atoms with E-state index in [2.05, 4.69) is 0 Å². The Morgan fingerprint density at radius 1 is 1.27 bits per heavy atom. The van der Waals surface area contributed by atoms with Crippen LogP contribution >= 0.6 is 0 Å². The molecule has 0 aromatic rings. The number of hydrogen-bond acceptors (Lipinski definition) is 4. The molecule has 0 saturated heterocycles. The van der Waals surface area contributed by atoms with Crippen LogP contribution in [0.5, 0.6) is 0 Å². The Balaban J connectivity index is 0. The Labute approximate surface area is 67.4 Å². The van der Waals surface area contributed by atoms with E-state index in [0.29, 0.717) is 0 Å². The van der Waals surface area contributed by atoms with Crippen LogP contribution < -0.4 is 0 Å². The molecule has 0 aromatic heterocycles. The quantitative estimate of drug-likeness (QED) is 0.542. The second-order valence-electron chi connectivity index (χ2n) is 2.35. The lowest BCUT2D eigenvalue weighted by Gasteiger charge is -1.90. The Morgan fingerprint density at radius 3 is 1.55 bits per heavy atom. The topological polar surface area (TPSA) is 77.8 Å². The second-order valence-corrected chi connectivity index (χ2v) is 3.92. The van der Waals surface area contributed by atoms with Crippen molar-refractivity contribution in [2.24, 2.45) is 0 Å². The van der Waals surface area contributed by atoms with Crippen molar-refractivity contribution in [2.75, 3.05) is 33.5 Å². The van der Waals surface area contributed by atoms with Gasteiger partial charge >= 0.3 is 0 Å². The standard InChI is InChI=1S/C3H9N.C2H6O4S/c1-4(2)3;3-1-2-7(4,5)6/h1-3H3;3H,1-2H2,(H,4,5,6). The molecule has 0 unspecified atom stereocenters. The van der Waals surface area contributed by atoms with E-state index in [-0.39, 0.29) is 0 Å². The third-order valence-electron chi connectivity index (χ3n) is 0.349. The first-order valence-electron chi connectivity index (χ1n) is 2.96. The van der Waals surface area contributed by atoms with Crippen molar-refractivity contribution < 1.29 is 18.1 Å². The summed E-state index contributed by atoms with van der Waals surface area (Å²) in [7, 11) is 2.08. The highest BCUT2D eigenvalue weighted by Gasteiger charge is 1.99. The van der Waals surface area contributed by atoms with Crippen molar-refractivity contribution in [3.8, 4) is 0 Å². The van der Waals surface area contributed by atoms with E-state index in [1.165, 1.54) is 0 Å². The third-order valence-corrected chi connectivity index (χ3v) is 1.05. The van der Waals surface area contributed by atoms with Crippen molar-refractivity contribution in [2.45, 2.75) is 0 Å². The number of aliphatic hydroxyl groups excluding tert-OH is 1. The highest BCUT2D eigenvalue weighted by atomic mass is 32.2. The maximum atomic E-state index is 9.63. The maximum absolute atomic E-state index is 9.63. The van der Waals surface area contributed by atoms with Crippen LogP contribution in [0.15, 0.2) is 0 Å². The lowest BCUT2D eigenvalue weighted by atomic mass is 10.9. The molecule has 0 bridgehead atoms. The van der Waals surface area contributed by atoms with E-state index in [4.69, 9.17) is 9.66 Å². The van der Waals surface area contributed by atoms with Gasteiger partial charge in [-0.05, 0) is 21.1 Å². The number of nitrogens with zero attached hydrogens (tertiary/aromatic N) is 1. The fourth-order valence-electron chi connectivity index (χ4n) is 0.115. The summed E-state index contributed by atoms with van der Waals surface area (Å²) >= 11 is 0. The molecule has 0 atom stereocenters. The monoisotopic (exact) mass is 185 g/mol. The number of hydrogen-bond donors (Lipinski definition) is 2. The Morgan fingerprint density at radius 2 is 1.55 bits per heavy atom. The van der Waals surface area contributed by atoms with E-state index in [9.17, 15) is 8.42 Å². The molecular weight excluding hydrogens is 170 g/mol. The largest absolute Gasteiger partial charge is 0.395 e. The van der Waals surface area contributed by atoms with Gasteiger partial charge in [0.15, 0.2) is 0 Å². The van der Waals surface area contributed by atoms with Gasteiger partial charge in [0, 0.05) is 0 Å². The van der Waals surface area contributed by atoms with Gasteiger partial charge in [0.05, 0.1) is 12.4 Å². The molecule has 0 aliphatic heterocycles. The fraction of sp³-hybridized carbons (Fsp3) is 1.00. The summed E-state index contributed by atoms with van der Waals surface area (Å²) in [6.45, 7) is -0.529. The minimum atomic E-state index is -3.92. The molecule has 0 heterocycles. The molecule has 0 saturated carbocycles. The highest BCUT2D eigenvalue weighted by Crippen LogP contribution is 1.75. The molecular formula is C5H15NO4S. The molecule has 0 fully saturated rings.